The van der Waals surface area contributed by atoms with Crippen molar-refractivity contribution in [2.75, 3.05) is 44.7 Å². The van der Waals surface area contributed by atoms with E-state index in [1.165, 1.54) is 35.5 Å². The number of anilines is 1. The second-order valence-electron chi connectivity index (χ2n) is 7.87. The minimum Gasteiger partial charge on any atom is -0.369 e. The van der Waals surface area contributed by atoms with E-state index in [-0.39, 0.29) is 0 Å². The lowest BCUT2D eigenvalue weighted by Gasteiger charge is -2.38. The highest BCUT2D eigenvalue weighted by Gasteiger charge is 2.23. The number of hydrogen-bond acceptors (Lipinski definition) is 3. The van der Waals surface area contributed by atoms with Crippen LogP contribution in [0.5, 0.6) is 0 Å². The molecule has 0 amide bonds. The number of nitrogens with zero attached hydrogens (tertiary/aromatic N) is 3. The Balaban J connectivity index is 1.30. The van der Waals surface area contributed by atoms with Gasteiger partial charge in [-0.15, -0.1) is 0 Å². The molecule has 3 heteroatoms. The first kappa shape index (κ1) is 18.1. The predicted molar refractivity (Wildman–Crippen MR) is 115 cm³/mol. The molecule has 3 nitrogen and oxygen atoms in total. The molecular weight excluding hydrogens is 330 g/mol. The van der Waals surface area contributed by atoms with Crippen LogP contribution < -0.4 is 4.90 Å². The van der Waals surface area contributed by atoms with E-state index in [0.717, 1.165) is 32.6 Å². The number of aryl methyl sites for hydroxylation is 1. The van der Waals surface area contributed by atoms with Gasteiger partial charge in [0.15, 0.2) is 0 Å². The zero-order valence-electron chi connectivity index (χ0n) is 16.6. The van der Waals surface area contributed by atoms with E-state index in [1.54, 1.807) is 0 Å². The van der Waals surface area contributed by atoms with Crippen LogP contribution in [-0.2, 0) is 0 Å². The molecule has 1 aromatic carbocycles. The summed E-state index contributed by atoms with van der Waals surface area (Å²) in [5.74, 6) is 0. The summed E-state index contributed by atoms with van der Waals surface area (Å²) in [6, 6.07) is 9.38. The Morgan fingerprint density at radius 2 is 1.96 bits per heavy atom. The molecule has 27 heavy (non-hydrogen) atoms. The van der Waals surface area contributed by atoms with Gasteiger partial charge in [-0.3, -0.25) is 4.90 Å². The maximum absolute atomic E-state index is 2.63. The highest BCUT2D eigenvalue weighted by Crippen LogP contribution is 2.27. The first-order valence-corrected chi connectivity index (χ1v) is 10.2. The van der Waals surface area contributed by atoms with Gasteiger partial charge in [-0.25, -0.2) is 0 Å². The third-order valence-electron chi connectivity index (χ3n) is 6.02. The summed E-state index contributed by atoms with van der Waals surface area (Å²) in [4.78, 5) is 7.60. The van der Waals surface area contributed by atoms with E-state index in [9.17, 15) is 0 Å². The molecule has 1 aliphatic carbocycles. The first-order chi connectivity index (χ1) is 13.2. The standard InChI is InChI=1S/C24H31N3/c1-20-7-6-9-23(19-20)27-17-15-26(16-18-27)14-13-22-12-11-21-8-4-3-5-10-24(21)25(22)2/h3,5-12,19,22H,4,13-18H2,1-2H3. The van der Waals surface area contributed by atoms with Crippen molar-refractivity contribution >= 4 is 5.69 Å². The lowest BCUT2D eigenvalue weighted by atomic mass is 9.99. The monoisotopic (exact) mass is 361 g/mol. The summed E-state index contributed by atoms with van der Waals surface area (Å²) >= 11 is 0. The summed E-state index contributed by atoms with van der Waals surface area (Å²) in [6.45, 7) is 7.91. The van der Waals surface area contributed by atoms with Crippen molar-refractivity contribution in [1.29, 1.82) is 0 Å². The zero-order valence-corrected chi connectivity index (χ0v) is 16.6. The van der Waals surface area contributed by atoms with Crippen LogP contribution in [0.4, 0.5) is 5.69 Å². The average molecular weight is 362 g/mol. The van der Waals surface area contributed by atoms with Crippen LogP contribution in [-0.4, -0.2) is 55.6 Å². The number of rotatable bonds is 4. The summed E-state index contributed by atoms with van der Waals surface area (Å²) < 4.78 is 0. The number of likely N-dealkylation sites (N-methyl/N-ethyl adjacent to an activating group) is 1. The Kier molecular flexibility index (Phi) is 5.49. The van der Waals surface area contributed by atoms with Crippen molar-refractivity contribution in [2.45, 2.75) is 25.8 Å². The molecule has 0 bridgehead atoms. The van der Waals surface area contributed by atoms with Crippen molar-refractivity contribution in [2.24, 2.45) is 0 Å². The number of allylic oxidation sites excluding steroid dienone is 5. The van der Waals surface area contributed by atoms with E-state index in [1.807, 2.05) is 0 Å². The Labute approximate surface area is 164 Å². The van der Waals surface area contributed by atoms with Gasteiger partial charge < -0.3 is 9.80 Å². The third kappa shape index (κ3) is 4.19. The largest absolute Gasteiger partial charge is 0.369 e. The molecule has 0 radical (unpaired) electrons. The summed E-state index contributed by atoms with van der Waals surface area (Å²) in [7, 11) is 2.24. The van der Waals surface area contributed by atoms with Crippen molar-refractivity contribution < 1.29 is 0 Å². The fourth-order valence-corrected chi connectivity index (χ4v) is 4.29. The van der Waals surface area contributed by atoms with Gasteiger partial charge in [-0.1, -0.05) is 42.5 Å². The highest BCUT2D eigenvalue weighted by molar-refractivity contribution is 5.49. The molecule has 1 unspecified atom stereocenters. The lowest BCUT2D eigenvalue weighted by Crippen LogP contribution is -2.47. The topological polar surface area (TPSA) is 9.72 Å². The highest BCUT2D eigenvalue weighted by atomic mass is 15.3. The van der Waals surface area contributed by atoms with Crippen LogP contribution in [0, 0.1) is 6.92 Å². The second-order valence-corrected chi connectivity index (χ2v) is 7.87. The Bertz CT molecular complexity index is 779. The summed E-state index contributed by atoms with van der Waals surface area (Å²) in [6.07, 6.45) is 15.9. The minimum absolute atomic E-state index is 0.495. The Hall–Kier alpha value is -2.26. The van der Waals surface area contributed by atoms with Gasteiger partial charge in [0.1, 0.15) is 0 Å². The van der Waals surface area contributed by atoms with Gasteiger partial charge in [-0.2, -0.15) is 0 Å². The molecule has 1 atom stereocenters. The molecule has 4 rings (SSSR count). The molecule has 0 N–H and O–H groups in total. The van der Waals surface area contributed by atoms with Gasteiger partial charge in [-0.05, 0) is 49.1 Å². The van der Waals surface area contributed by atoms with Gasteiger partial charge in [0.2, 0.25) is 0 Å². The van der Waals surface area contributed by atoms with Gasteiger partial charge in [0.25, 0.3) is 0 Å². The molecule has 3 aliphatic rings. The Morgan fingerprint density at radius 3 is 2.78 bits per heavy atom. The maximum atomic E-state index is 2.63. The summed E-state index contributed by atoms with van der Waals surface area (Å²) in [5, 5.41) is 0. The van der Waals surface area contributed by atoms with Crippen LogP contribution in [0.15, 0.2) is 72.0 Å². The van der Waals surface area contributed by atoms with E-state index in [4.69, 9.17) is 0 Å². The average Bonchev–Trinajstić information content (AvgIpc) is 2.94. The number of benzene rings is 1. The molecule has 0 aromatic heterocycles. The quantitative estimate of drug-likeness (QED) is 0.798. The molecular formula is C24H31N3. The van der Waals surface area contributed by atoms with E-state index in [2.05, 4.69) is 89.4 Å². The molecule has 0 saturated carbocycles. The van der Waals surface area contributed by atoms with Gasteiger partial charge in [0, 0.05) is 57.2 Å². The van der Waals surface area contributed by atoms with Crippen molar-refractivity contribution in [3.05, 3.63) is 77.6 Å². The minimum atomic E-state index is 0.495. The van der Waals surface area contributed by atoms with Crippen molar-refractivity contribution in [3.63, 3.8) is 0 Å². The van der Waals surface area contributed by atoms with Crippen LogP contribution in [0.2, 0.25) is 0 Å². The van der Waals surface area contributed by atoms with E-state index in [0.29, 0.717) is 6.04 Å². The molecule has 1 saturated heterocycles. The predicted octanol–water partition coefficient (Wildman–Crippen LogP) is 4.15. The molecule has 0 spiro atoms. The molecule has 2 aliphatic heterocycles. The van der Waals surface area contributed by atoms with Crippen LogP contribution >= 0.6 is 0 Å². The zero-order chi connectivity index (χ0) is 18.6. The normalized spacial score (nSPS) is 23.0. The van der Waals surface area contributed by atoms with Crippen LogP contribution in [0.3, 0.4) is 0 Å². The molecule has 142 valence electrons. The second kappa shape index (κ2) is 8.18. The van der Waals surface area contributed by atoms with Crippen molar-refractivity contribution in [3.8, 4) is 0 Å². The Morgan fingerprint density at radius 1 is 1.11 bits per heavy atom. The van der Waals surface area contributed by atoms with Gasteiger partial charge in [0.05, 0.1) is 0 Å². The maximum Gasteiger partial charge on any atom is 0.0485 e. The third-order valence-corrected chi connectivity index (χ3v) is 6.02. The molecule has 1 aromatic rings. The van der Waals surface area contributed by atoms with Gasteiger partial charge >= 0.3 is 0 Å². The first-order valence-electron chi connectivity index (χ1n) is 10.2. The smallest absolute Gasteiger partial charge is 0.0485 e. The number of fused-ring (bicyclic) bond motifs is 1. The SMILES string of the molecule is Cc1cccc(N2CCN(CCC3C=CC4=CCC=CC=C4N3C)CC2)c1. The van der Waals surface area contributed by atoms with Crippen LogP contribution in [0.25, 0.3) is 0 Å². The molecule has 1 fully saturated rings. The fraction of sp³-hybridized carbons (Fsp3) is 0.417. The molecule has 2 heterocycles. The summed E-state index contributed by atoms with van der Waals surface area (Å²) in [5.41, 5.74) is 5.45. The van der Waals surface area contributed by atoms with E-state index >= 15 is 0 Å². The fourth-order valence-electron chi connectivity index (χ4n) is 4.29. The van der Waals surface area contributed by atoms with Crippen LogP contribution in [0.1, 0.15) is 18.4 Å². The number of hydrogen-bond donors (Lipinski definition) is 0. The lowest BCUT2D eigenvalue weighted by molar-refractivity contribution is 0.227. The van der Waals surface area contributed by atoms with E-state index < -0.39 is 0 Å². The van der Waals surface area contributed by atoms with Crippen molar-refractivity contribution in [1.82, 2.24) is 9.80 Å². The number of piperazine rings is 1.